The highest BCUT2D eigenvalue weighted by Gasteiger charge is 2.30. The fourth-order valence-electron chi connectivity index (χ4n) is 4.08. The van der Waals surface area contributed by atoms with E-state index in [9.17, 15) is 15.0 Å². The zero-order valence-corrected chi connectivity index (χ0v) is 16.3. The molecule has 2 atom stereocenters. The number of aryl methyl sites for hydroxylation is 1. The normalized spacial score (nSPS) is 19.9. The van der Waals surface area contributed by atoms with Crippen molar-refractivity contribution in [1.82, 2.24) is 0 Å². The van der Waals surface area contributed by atoms with Gasteiger partial charge in [0.2, 0.25) is 0 Å². The van der Waals surface area contributed by atoms with E-state index >= 15 is 0 Å². The molecule has 0 spiro atoms. The molecule has 0 heterocycles. The number of carboxylic acids is 1. The maximum absolute atomic E-state index is 11.5. The molecule has 1 aliphatic carbocycles. The van der Waals surface area contributed by atoms with Crippen LogP contribution in [-0.4, -0.2) is 16.2 Å². The topological polar surface area (TPSA) is 57.5 Å². The van der Waals surface area contributed by atoms with E-state index in [1.807, 2.05) is 19.1 Å². The molecule has 0 aliphatic heterocycles. The van der Waals surface area contributed by atoms with Crippen LogP contribution in [0.2, 0.25) is 0 Å². The van der Waals surface area contributed by atoms with Gasteiger partial charge < -0.3 is 10.2 Å². The average Bonchev–Trinajstić information content (AvgIpc) is 2.54. The Morgan fingerprint density at radius 2 is 2.04 bits per heavy atom. The van der Waals surface area contributed by atoms with Crippen LogP contribution in [0.5, 0.6) is 5.75 Å². The zero-order valence-electron chi connectivity index (χ0n) is 16.3. The monoisotopic (exact) mass is 356 g/mol. The highest BCUT2D eigenvalue weighted by molar-refractivity contribution is 5.72. The van der Waals surface area contributed by atoms with E-state index in [-0.39, 0.29) is 24.0 Å². The second-order valence-electron chi connectivity index (χ2n) is 7.75. The number of phenolic OH excluding ortho intramolecular Hbond substituents is 1. The van der Waals surface area contributed by atoms with Crippen LogP contribution >= 0.6 is 0 Å². The van der Waals surface area contributed by atoms with Crippen molar-refractivity contribution in [2.75, 3.05) is 0 Å². The molecule has 0 amide bonds. The lowest BCUT2D eigenvalue weighted by Gasteiger charge is -2.32. The fourth-order valence-corrected chi connectivity index (χ4v) is 4.08. The van der Waals surface area contributed by atoms with E-state index in [0.29, 0.717) is 0 Å². The van der Waals surface area contributed by atoms with Crippen molar-refractivity contribution in [2.24, 2.45) is 5.92 Å². The molecule has 0 saturated heterocycles. The number of unbranched alkanes of at least 4 members (excludes halogenated alkanes) is 2. The molecule has 1 aromatic rings. The number of allylic oxidation sites excluding steroid dienone is 3. The third-order valence-electron chi connectivity index (χ3n) is 5.43. The van der Waals surface area contributed by atoms with E-state index in [1.54, 1.807) is 0 Å². The SMILES string of the molecule is C=C(C)C1CCC(C)=CC1c1c(O)cc(CCCCC)cc1CC(=O)O. The van der Waals surface area contributed by atoms with Gasteiger partial charge in [-0.25, -0.2) is 0 Å². The summed E-state index contributed by atoms with van der Waals surface area (Å²) < 4.78 is 0. The van der Waals surface area contributed by atoms with Gasteiger partial charge in [-0.3, -0.25) is 4.79 Å². The Labute approximate surface area is 157 Å². The van der Waals surface area contributed by atoms with Crippen LogP contribution in [0.1, 0.15) is 75.5 Å². The predicted molar refractivity (Wildman–Crippen MR) is 107 cm³/mol. The molecule has 0 radical (unpaired) electrons. The third kappa shape index (κ3) is 5.00. The number of phenols is 1. The molecule has 2 N–H and O–H groups in total. The van der Waals surface area contributed by atoms with Gasteiger partial charge in [-0.05, 0) is 62.6 Å². The summed E-state index contributed by atoms with van der Waals surface area (Å²) in [5.74, 6) is -0.388. The molecule has 3 heteroatoms. The summed E-state index contributed by atoms with van der Waals surface area (Å²) in [5.41, 5.74) is 4.93. The molecule has 1 aliphatic rings. The molecule has 0 fully saturated rings. The van der Waals surface area contributed by atoms with Gasteiger partial charge in [0.1, 0.15) is 5.75 Å². The Balaban J connectivity index is 2.49. The first-order valence-corrected chi connectivity index (χ1v) is 9.72. The van der Waals surface area contributed by atoms with Crippen molar-refractivity contribution in [2.45, 2.75) is 71.6 Å². The molecule has 1 aromatic carbocycles. The Morgan fingerprint density at radius 1 is 1.31 bits per heavy atom. The summed E-state index contributed by atoms with van der Waals surface area (Å²) in [5, 5.41) is 20.2. The van der Waals surface area contributed by atoms with Gasteiger partial charge in [0, 0.05) is 11.5 Å². The minimum atomic E-state index is -0.861. The largest absolute Gasteiger partial charge is 0.508 e. The van der Waals surface area contributed by atoms with Crippen molar-refractivity contribution in [3.8, 4) is 5.75 Å². The number of hydrogen-bond donors (Lipinski definition) is 2. The third-order valence-corrected chi connectivity index (χ3v) is 5.43. The van der Waals surface area contributed by atoms with Crippen molar-refractivity contribution < 1.29 is 15.0 Å². The van der Waals surface area contributed by atoms with Crippen LogP contribution in [0.15, 0.2) is 35.9 Å². The van der Waals surface area contributed by atoms with Crippen LogP contribution in [0, 0.1) is 5.92 Å². The summed E-state index contributed by atoms with van der Waals surface area (Å²) in [4.78, 5) is 11.5. The van der Waals surface area contributed by atoms with Gasteiger partial charge in [0.25, 0.3) is 0 Å². The molecule has 0 saturated carbocycles. The highest BCUT2D eigenvalue weighted by atomic mass is 16.4. The van der Waals surface area contributed by atoms with Gasteiger partial charge >= 0.3 is 5.97 Å². The van der Waals surface area contributed by atoms with Gasteiger partial charge in [-0.1, -0.05) is 49.6 Å². The fraction of sp³-hybridized carbons (Fsp3) is 0.522. The lowest BCUT2D eigenvalue weighted by atomic mass is 9.72. The van der Waals surface area contributed by atoms with Gasteiger partial charge in [-0.15, -0.1) is 0 Å². The number of aliphatic carboxylic acids is 1. The van der Waals surface area contributed by atoms with Crippen molar-refractivity contribution >= 4 is 5.97 Å². The molecule has 26 heavy (non-hydrogen) atoms. The maximum Gasteiger partial charge on any atom is 0.307 e. The molecular weight excluding hydrogens is 324 g/mol. The van der Waals surface area contributed by atoms with Gasteiger partial charge in [0.15, 0.2) is 0 Å². The number of carboxylic acid groups (broad SMARTS) is 1. The van der Waals surface area contributed by atoms with Gasteiger partial charge in [0.05, 0.1) is 6.42 Å². The predicted octanol–water partition coefficient (Wildman–Crippen LogP) is 5.77. The molecule has 0 aromatic heterocycles. The second-order valence-corrected chi connectivity index (χ2v) is 7.75. The Bertz CT molecular complexity index is 700. The van der Waals surface area contributed by atoms with Crippen molar-refractivity contribution in [1.29, 1.82) is 0 Å². The van der Waals surface area contributed by atoms with E-state index in [2.05, 4.69) is 26.5 Å². The molecule has 0 bridgehead atoms. The van der Waals surface area contributed by atoms with E-state index in [1.165, 1.54) is 5.57 Å². The molecule has 2 rings (SSSR count). The molecule has 3 nitrogen and oxygen atoms in total. The Kier molecular flexibility index (Phi) is 7.07. The Hall–Kier alpha value is -2.03. The lowest BCUT2D eigenvalue weighted by molar-refractivity contribution is -0.136. The van der Waals surface area contributed by atoms with Crippen molar-refractivity contribution in [3.63, 3.8) is 0 Å². The molecule has 2 unspecified atom stereocenters. The number of hydrogen-bond acceptors (Lipinski definition) is 2. The second kappa shape index (κ2) is 9.07. The van der Waals surface area contributed by atoms with E-state index in [4.69, 9.17) is 0 Å². The first-order chi connectivity index (χ1) is 12.3. The highest BCUT2D eigenvalue weighted by Crippen LogP contribution is 2.44. The van der Waals surface area contributed by atoms with Gasteiger partial charge in [-0.2, -0.15) is 0 Å². The smallest absolute Gasteiger partial charge is 0.307 e. The summed E-state index contributed by atoms with van der Waals surface area (Å²) in [6.07, 6.45) is 8.36. The van der Waals surface area contributed by atoms with Crippen molar-refractivity contribution in [3.05, 3.63) is 52.6 Å². The number of rotatable bonds is 8. The first kappa shape index (κ1) is 20.3. The lowest BCUT2D eigenvalue weighted by Crippen LogP contribution is -2.19. The van der Waals surface area contributed by atoms with E-state index in [0.717, 1.165) is 60.8 Å². The van der Waals surface area contributed by atoms with E-state index < -0.39 is 5.97 Å². The molecular formula is C23H32O3. The number of benzene rings is 1. The summed E-state index contributed by atoms with van der Waals surface area (Å²) in [6, 6.07) is 3.83. The first-order valence-electron chi connectivity index (χ1n) is 9.72. The number of aromatic hydroxyl groups is 1. The summed E-state index contributed by atoms with van der Waals surface area (Å²) in [7, 11) is 0. The van der Waals surface area contributed by atoms with Crippen LogP contribution in [0.3, 0.4) is 0 Å². The maximum atomic E-state index is 11.5. The minimum Gasteiger partial charge on any atom is -0.508 e. The zero-order chi connectivity index (χ0) is 19.3. The summed E-state index contributed by atoms with van der Waals surface area (Å²) >= 11 is 0. The molecule has 142 valence electrons. The van der Waals surface area contributed by atoms with Crippen LogP contribution in [-0.2, 0) is 17.6 Å². The quantitative estimate of drug-likeness (QED) is 0.459. The number of carbonyl (C=O) groups is 1. The minimum absolute atomic E-state index is 0.000270. The Morgan fingerprint density at radius 3 is 2.65 bits per heavy atom. The van der Waals surface area contributed by atoms with Crippen LogP contribution < -0.4 is 0 Å². The average molecular weight is 357 g/mol. The summed E-state index contributed by atoms with van der Waals surface area (Å²) in [6.45, 7) is 10.4. The van der Waals surface area contributed by atoms with Crippen LogP contribution in [0.25, 0.3) is 0 Å². The standard InChI is InChI=1S/C23H32O3/c1-5-6-7-8-17-12-18(14-22(25)26)23(21(24)13-17)20-11-16(4)9-10-19(20)15(2)3/h11-13,19-20,24H,2,5-10,14H2,1,3-4H3,(H,25,26). The van der Waals surface area contributed by atoms with Crippen LogP contribution in [0.4, 0.5) is 0 Å².